The Labute approximate surface area is 69.1 Å². The van der Waals surface area contributed by atoms with E-state index in [4.69, 9.17) is 0 Å². The predicted molar refractivity (Wildman–Crippen MR) is 47.7 cm³/mol. The Kier molecular flexibility index (Phi) is 6.29. The number of nitrogens with one attached hydrogen (secondary N) is 2. The topological polar surface area (TPSA) is 36.4 Å². The smallest absolute Gasteiger partial charge is 0.170 e. The fraction of sp³-hybridized carbons (Fsp3) is 0.600. The zero-order valence-corrected chi connectivity index (χ0v) is 7.47. The van der Waals surface area contributed by atoms with E-state index in [-0.39, 0.29) is 6.29 Å². The van der Waals surface area contributed by atoms with Crippen LogP contribution in [0.4, 0.5) is 0 Å². The first-order valence-corrected chi connectivity index (χ1v) is 3.74. The molecule has 0 aromatic rings. The first-order valence-electron chi connectivity index (χ1n) is 2.66. The third-order valence-corrected chi connectivity index (χ3v) is 1.31. The molecule has 4 heteroatoms. The van der Waals surface area contributed by atoms with Gasteiger partial charge in [0.25, 0.3) is 0 Å². The average molecular weight is 239 g/mol. The molecular formula is C5H10IN3. The molecule has 0 heterocycles. The van der Waals surface area contributed by atoms with Gasteiger partial charge in [0.2, 0.25) is 0 Å². The largest absolute Gasteiger partial charge is 0.283 e. The minimum absolute atomic E-state index is 0.0481. The molecular weight excluding hydrogens is 229 g/mol. The number of hydrogen-bond donors (Lipinski definition) is 2. The van der Waals surface area contributed by atoms with Crippen molar-refractivity contribution in [3.8, 4) is 0 Å². The maximum absolute atomic E-state index is 3.84. The molecule has 0 saturated heterocycles. The van der Waals surface area contributed by atoms with E-state index >= 15 is 0 Å². The van der Waals surface area contributed by atoms with Crippen molar-refractivity contribution in [3.05, 3.63) is 6.58 Å². The second-order valence-corrected chi connectivity index (χ2v) is 1.98. The van der Waals surface area contributed by atoms with Crippen LogP contribution in [-0.4, -0.2) is 18.7 Å². The summed E-state index contributed by atoms with van der Waals surface area (Å²) in [6.45, 7) is 6.25. The van der Waals surface area contributed by atoms with E-state index in [0.29, 0.717) is 0 Å². The normalized spacial score (nSPS) is 12.2. The molecule has 3 nitrogen and oxygen atoms in total. The van der Waals surface area contributed by atoms with Crippen molar-refractivity contribution < 1.29 is 0 Å². The molecule has 0 aliphatic rings. The van der Waals surface area contributed by atoms with E-state index in [1.54, 1.807) is 0 Å². The molecule has 1 atom stereocenters. The number of nitrogens with zero attached hydrogens (tertiary/aromatic N) is 1. The summed E-state index contributed by atoms with van der Waals surface area (Å²) in [5.41, 5.74) is 0. The first-order chi connectivity index (χ1) is 4.35. The number of aliphatic imine (C=N–C) groups is 1. The van der Waals surface area contributed by atoms with Gasteiger partial charge in [-0.15, -0.1) is 0 Å². The maximum atomic E-state index is 3.84. The molecule has 0 aromatic heterocycles. The molecule has 2 N–H and O–H groups in total. The first kappa shape index (κ1) is 9.10. The summed E-state index contributed by atoms with van der Waals surface area (Å²) in [4.78, 5) is 3.84. The van der Waals surface area contributed by atoms with Crippen LogP contribution in [0.5, 0.6) is 0 Å². The molecule has 0 aliphatic carbocycles. The summed E-state index contributed by atoms with van der Waals surface area (Å²) < 4.78 is 2.89. The van der Waals surface area contributed by atoms with Gasteiger partial charge in [-0.2, -0.15) is 0 Å². The second-order valence-electron chi connectivity index (χ2n) is 1.36. The Morgan fingerprint density at radius 1 is 1.89 bits per heavy atom. The van der Waals surface area contributed by atoms with Crippen molar-refractivity contribution in [2.45, 2.75) is 13.2 Å². The third kappa shape index (κ3) is 4.59. The van der Waals surface area contributed by atoms with Crippen LogP contribution in [0, 0.1) is 0 Å². The lowest BCUT2D eigenvalue weighted by atomic mass is 10.7. The van der Waals surface area contributed by atoms with Gasteiger partial charge in [-0.25, -0.2) is 8.52 Å². The van der Waals surface area contributed by atoms with Crippen LogP contribution >= 0.6 is 22.9 Å². The Morgan fingerprint density at radius 3 is 2.89 bits per heavy atom. The van der Waals surface area contributed by atoms with Gasteiger partial charge in [-0.1, -0.05) is 6.92 Å². The van der Waals surface area contributed by atoms with Gasteiger partial charge in [0, 0.05) is 22.9 Å². The Morgan fingerprint density at radius 2 is 2.56 bits per heavy atom. The molecule has 0 amide bonds. The van der Waals surface area contributed by atoms with E-state index < -0.39 is 0 Å². The highest BCUT2D eigenvalue weighted by atomic mass is 127. The third-order valence-electron chi connectivity index (χ3n) is 0.721. The fourth-order valence-electron chi connectivity index (χ4n) is 0.393. The molecule has 1 unspecified atom stereocenters. The zero-order valence-electron chi connectivity index (χ0n) is 5.32. The van der Waals surface area contributed by atoms with Crippen molar-refractivity contribution in [1.82, 2.24) is 8.85 Å². The lowest BCUT2D eigenvalue weighted by Crippen LogP contribution is -2.34. The van der Waals surface area contributed by atoms with Gasteiger partial charge in [-0.3, -0.25) is 5.32 Å². The Bertz CT molecular complexity index is 109. The van der Waals surface area contributed by atoms with E-state index in [1.165, 1.54) is 0 Å². The van der Waals surface area contributed by atoms with Crippen LogP contribution < -0.4 is 8.85 Å². The SMILES string of the molecule is C=C=NC(NI)NCC. The average Bonchev–Trinajstić information content (AvgIpc) is 1.88. The number of hydrogen-bond acceptors (Lipinski definition) is 3. The van der Waals surface area contributed by atoms with Crippen molar-refractivity contribution >= 4 is 28.7 Å². The minimum atomic E-state index is -0.0481. The molecule has 0 radical (unpaired) electrons. The van der Waals surface area contributed by atoms with Crippen molar-refractivity contribution in [2.75, 3.05) is 6.54 Å². The molecule has 0 aromatic carbocycles. The fourth-order valence-corrected chi connectivity index (χ4v) is 0.753. The van der Waals surface area contributed by atoms with Crippen LogP contribution in [0.2, 0.25) is 0 Å². The summed E-state index contributed by atoms with van der Waals surface area (Å²) >= 11 is 2.02. The molecule has 52 valence electrons. The molecule has 0 spiro atoms. The van der Waals surface area contributed by atoms with Crippen molar-refractivity contribution in [3.63, 3.8) is 0 Å². The zero-order chi connectivity index (χ0) is 7.11. The monoisotopic (exact) mass is 239 g/mol. The van der Waals surface area contributed by atoms with E-state index in [1.807, 2.05) is 29.8 Å². The summed E-state index contributed by atoms with van der Waals surface area (Å²) in [6, 6.07) is 0. The summed E-state index contributed by atoms with van der Waals surface area (Å²) in [6.07, 6.45) is -0.0481. The predicted octanol–water partition coefficient (Wildman–Crippen LogP) is 0.675. The van der Waals surface area contributed by atoms with Gasteiger partial charge in [0.05, 0.1) is 0 Å². The molecule has 0 aliphatic heterocycles. The van der Waals surface area contributed by atoms with Crippen LogP contribution in [0.15, 0.2) is 11.6 Å². The van der Waals surface area contributed by atoms with Crippen LogP contribution in [0.1, 0.15) is 6.92 Å². The second kappa shape index (κ2) is 6.22. The van der Waals surface area contributed by atoms with E-state index in [9.17, 15) is 0 Å². The maximum Gasteiger partial charge on any atom is 0.170 e. The van der Waals surface area contributed by atoms with Crippen molar-refractivity contribution in [2.24, 2.45) is 4.99 Å². The number of halogens is 1. The van der Waals surface area contributed by atoms with Gasteiger partial charge < -0.3 is 0 Å². The standard InChI is InChI=1S/C5H10IN3/c1-3-7-5(9-6)8-4-2/h5,8-9H,1,4H2,2H3. The van der Waals surface area contributed by atoms with Gasteiger partial charge in [0.15, 0.2) is 6.29 Å². The summed E-state index contributed by atoms with van der Waals surface area (Å²) in [5.74, 6) is 2.45. The van der Waals surface area contributed by atoms with Gasteiger partial charge in [-0.05, 0) is 19.0 Å². The lowest BCUT2D eigenvalue weighted by Gasteiger charge is -2.07. The molecule has 0 rings (SSSR count). The number of rotatable bonds is 4. The minimum Gasteiger partial charge on any atom is -0.283 e. The van der Waals surface area contributed by atoms with Crippen molar-refractivity contribution in [1.29, 1.82) is 0 Å². The Balaban J connectivity index is 3.53. The lowest BCUT2D eigenvalue weighted by molar-refractivity contribution is 0.551. The summed E-state index contributed by atoms with van der Waals surface area (Å²) in [7, 11) is 0. The Hall–Kier alpha value is 0.1000. The van der Waals surface area contributed by atoms with Crippen LogP contribution in [0.3, 0.4) is 0 Å². The highest BCUT2D eigenvalue weighted by molar-refractivity contribution is 14.1. The van der Waals surface area contributed by atoms with Gasteiger partial charge in [0.1, 0.15) is 0 Å². The molecule has 0 bridgehead atoms. The quantitative estimate of drug-likeness (QED) is 0.327. The molecule has 0 saturated carbocycles. The molecule has 0 fully saturated rings. The highest BCUT2D eigenvalue weighted by Crippen LogP contribution is 1.81. The van der Waals surface area contributed by atoms with E-state index in [2.05, 4.69) is 26.3 Å². The van der Waals surface area contributed by atoms with Gasteiger partial charge >= 0.3 is 0 Å². The van der Waals surface area contributed by atoms with Crippen LogP contribution in [0.25, 0.3) is 0 Å². The van der Waals surface area contributed by atoms with Crippen LogP contribution in [-0.2, 0) is 0 Å². The highest BCUT2D eigenvalue weighted by Gasteiger charge is 1.96. The molecule has 9 heavy (non-hydrogen) atoms. The summed E-state index contributed by atoms with van der Waals surface area (Å²) in [5, 5.41) is 3.05. The van der Waals surface area contributed by atoms with E-state index in [0.717, 1.165) is 6.54 Å².